The highest BCUT2D eigenvalue weighted by Crippen LogP contribution is 2.26. The molecule has 0 aliphatic carbocycles. The van der Waals surface area contributed by atoms with Crippen LogP contribution in [0.5, 0.6) is 0 Å². The lowest BCUT2D eigenvalue weighted by atomic mass is 10.1. The molecule has 0 aromatic heterocycles. The first-order valence-electron chi connectivity index (χ1n) is 5.61. The molecule has 0 aromatic rings. The molecule has 7 heteroatoms. The number of carbonyl (C=O) groups excluding carboxylic acids is 1. The molecule has 0 saturated carbocycles. The lowest BCUT2D eigenvalue weighted by molar-refractivity contribution is -0.114. The number of hydrogen-bond acceptors (Lipinski definition) is 6. The number of nitrogens with zero attached hydrogens (tertiary/aromatic N) is 1. The van der Waals surface area contributed by atoms with E-state index in [9.17, 15) is 15.0 Å². The van der Waals surface area contributed by atoms with E-state index in [1.54, 1.807) is 12.3 Å². The molecule has 18 heavy (non-hydrogen) atoms. The first-order valence-corrected chi connectivity index (χ1v) is 5.61. The topological polar surface area (TPSA) is 116 Å². The molecule has 2 aliphatic heterocycles. The molecule has 0 bridgehead atoms. The van der Waals surface area contributed by atoms with Crippen LogP contribution in [0.1, 0.15) is 6.42 Å². The quantitative estimate of drug-likeness (QED) is 0.465. The Kier molecular flexibility index (Phi) is 3.67. The number of aliphatic hydroxyl groups excluding tert-OH is 3. The molecule has 7 nitrogen and oxygen atoms in total. The van der Waals surface area contributed by atoms with Crippen molar-refractivity contribution in [1.82, 2.24) is 4.90 Å². The zero-order chi connectivity index (χ0) is 13.3. The highest BCUT2D eigenvalue weighted by atomic mass is 16.6. The van der Waals surface area contributed by atoms with Crippen LogP contribution in [0.4, 0.5) is 0 Å². The summed E-state index contributed by atoms with van der Waals surface area (Å²) in [5.41, 5.74) is 5.57. The summed E-state index contributed by atoms with van der Waals surface area (Å²) in [5.74, 6) is -0.545. The summed E-state index contributed by atoms with van der Waals surface area (Å²) in [4.78, 5) is 12.5. The Labute approximate surface area is 104 Å². The van der Waals surface area contributed by atoms with E-state index in [1.165, 1.54) is 11.1 Å². The number of hydrogen-bond donors (Lipinski definition) is 4. The Hall–Kier alpha value is -1.41. The van der Waals surface area contributed by atoms with Crippen molar-refractivity contribution in [3.8, 4) is 0 Å². The molecule has 4 atom stereocenters. The predicted molar refractivity (Wildman–Crippen MR) is 60.6 cm³/mol. The molecule has 0 spiro atoms. The van der Waals surface area contributed by atoms with Crippen LogP contribution in [-0.4, -0.2) is 57.3 Å². The average molecular weight is 256 g/mol. The van der Waals surface area contributed by atoms with E-state index in [0.29, 0.717) is 12.0 Å². The third-order valence-corrected chi connectivity index (χ3v) is 3.05. The molecule has 5 N–H and O–H groups in total. The van der Waals surface area contributed by atoms with Crippen LogP contribution in [-0.2, 0) is 9.53 Å². The second kappa shape index (κ2) is 5.07. The minimum atomic E-state index is -1.17. The molecular formula is C11H16N2O5. The number of carbonyl (C=O) groups is 1. The van der Waals surface area contributed by atoms with Crippen LogP contribution in [0.3, 0.4) is 0 Å². The van der Waals surface area contributed by atoms with Crippen LogP contribution < -0.4 is 5.73 Å². The number of aliphatic hydroxyl groups is 3. The molecule has 1 unspecified atom stereocenters. The summed E-state index contributed by atoms with van der Waals surface area (Å²) >= 11 is 0. The number of nitrogens with two attached hydrogens (primary N) is 1. The largest absolute Gasteiger partial charge is 0.394 e. The van der Waals surface area contributed by atoms with Crippen molar-refractivity contribution in [2.24, 2.45) is 5.73 Å². The number of amides is 1. The maximum absolute atomic E-state index is 11.1. The lowest BCUT2D eigenvalue weighted by Gasteiger charge is -2.28. The summed E-state index contributed by atoms with van der Waals surface area (Å²) in [7, 11) is 0. The highest BCUT2D eigenvalue weighted by molar-refractivity contribution is 5.92. The molecule has 1 fully saturated rings. The molecular weight excluding hydrogens is 240 g/mol. The minimum absolute atomic E-state index is 0.384. The van der Waals surface area contributed by atoms with Crippen molar-refractivity contribution in [1.29, 1.82) is 0 Å². The number of primary amides is 1. The summed E-state index contributed by atoms with van der Waals surface area (Å²) in [6.45, 7) is -0.390. The third-order valence-electron chi connectivity index (χ3n) is 3.05. The van der Waals surface area contributed by atoms with Crippen LogP contribution >= 0.6 is 0 Å². The van der Waals surface area contributed by atoms with E-state index in [4.69, 9.17) is 15.6 Å². The molecule has 0 aromatic carbocycles. The van der Waals surface area contributed by atoms with Crippen molar-refractivity contribution in [3.05, 3.63) is 24.0 Å². The van der Waals surface area contributed by atoms with E-state index in [-0.39, 0.29) is 0 Å². The van der Waals surface area contributed by atoms with E-state index in [1.807, 2.05) is 0 Å². The van der Waals surface area contributed by atoms with E-state index < -0.39 is 37.1 Å². The highest BCUT2D eigenvalue weighted by Gasteiger charge is 2.44. The molecule has 0 radical (unpaired) electrons. The van der Waals surface area contributed by atoms with Gasteiger partial charge in [-0.2, -0.15) is 0 Å². The molecule has 2 rings (SSSR count). The molecule has 1 saturated heterocycles. The SMILES string of the molecule is NC(=O)C1=CN([C@H]2OC(CO)[C@@H](O)[C@H]2O)C=CC1. The lowest BCUT2D eigenvalue weighted by Crippen LogP contribution is -2.40. The van der Waals surface area contributed by atoms with Gasteiger partial charge in [-0.05, 0) is 6.42 Å². The van der Waals surface area contributed by atoms with Crippen molar-refractivity contribution < 1.29 is 24.9 Å². The first kappa shape index (κ1) is 13.0. The molecule has 100 valence electrons. The van der Waals surface area contributed by atoms with Crippen molar-refractivity contribution in [2.45, 2.75) is 31.0 Å². The fourth-order valence-electron chi connectivity index (χ4n) is 2.03. The predicted octanol–water partition coefficient (Wildman–Crippen LogP) is -1.99. The zero-order valence-corrected chi connectivity index (χ0v) is 9.64. The van der Waals surface area contributed by atoms with E-state index in [2.05, 4.69) is 0 Å². The van der Waals surface area contributed by atoms with Crippen LogP contribution in [0.25, 0.3) is 0 Å². The molecule has 1 amide bonds. The summed E-state index contributed by atoms with van der Waals surface area (Å²) < 4.78 is 5.33. The van der Waals surface area contributed by atoms with E-state index >= 15 is 0 Å². The van der Waals surface area contributed by atoms with Gasteiger partial charge < -0.3 is 30.7 Å². The van der Waals surface area contributed by atoms with Gasteiger partial charge in [0.15, 0.2) is 6.23 Å². The maximum atomic E-state index is 11.1. The number of rotatable bonds is 3. The zero-order valence-electron chi connectivity index (χ0n) is 9.64. The van der Waals surface area contributed by atoms with Crippen molar-refractivity contribution in [2.75, 3.05) is 6.61 Å². The maximum Gasteiger partial charge on any atom is 0.246 e. The standard InChI is InChI=1S/C11H16N2O5/c12-10(17)6-2-1-3-13(4-6)11-9(16)8(15)7(5-14)18-11/h1,3-4,7-9,11,14-16H,2,5H2,(H2,12,17)/t7?,8-,9-,11+/m1/s1. The Morgan fingerprint density at radius 3 is 2.78 bits per heavy atom. The fourth-order valence-corrected chi connectivity index (χ4v) is 2.03. The van der Waals surface area contributed by atoms with Gasteiger partial charge in [0.25, 0.3) is 0 Å². The molecule has 2 aliphatic rings. The number of allylic oxidation sites excluding steroid dienone is 1. The van der Waals surface area contributed by atoms with Crippen LogP contribution in [0.15, 0.2) is 24.0 Å². The van der Waals surface area contributed by atoms with Crippen LogP contribution in [0.2, 0.25) is 0 Å². The Balaban J connectivity index is 2.15. The monoisotopic (exact) mass is 256 g/mol. The van der Waals surface area contributed by atoms with Crippen molar-refractivity contribution in [3.63, 3.8) is 0 Å². The van der Waals surface area contributed by atoms with Gasteiger partial charge in [0, 0.05) is 18.0 Å². The van der Waals surface area contributed by atoms with Gasteiger partial charge in [-0.1, -0.05) is 6.08 Å². The summed E-state index contributed by atoms with van der Waals surface area (Å²) in [5, 5.41) is 28.5. The Morgan fingerprint density at radius 1 is 1.50 bits per heavy atom. The van der Waals surface area contributed by atoms with Crippen LogP contribution in [0, 0.1) is 0 Å². The van der Waals surface area contributed by atoms with Gasteiger partial charge in [0.1, 0.15) is 18.3 Å². The average Bonchev–Trinajstić information content (AvgIpc) is 2.66. The van der Waals surface area contributed by atoms with Gasteiger partial charge in [0.05, 0.1) is 6.61 Å². The second-order valence-corrected chi connectivity index (χ2v) is 4.28. The second-order valence-electron chi connectivity index (χ2n) is 4.28. The smallest absolute Gasteiger partial charge is 0.246 e. The first-order chi connectivity index (χ1) is 8.54. The van der Waals surface area contributed by atoms with Gasteiger partial charge in [0.2, 0.25) is 5.91 Å². The molecule has 2 heterocycles. The van der Waals surface area contributed by atoms with Gasteiger partial charge >= 0.3 is 0 Å². The summed E-state index contributed by atoms with van der Waals surface area (Å²) in [6.07, 6.45) is 1.20. The van der Waals surface area contributed by atoms with Crippen molar-refractivity contribution >= 4 is 5.91 Å². The third kappa shape index (κ3) is 2.25. The Morgan fingerprint density at radius 2 is 2.22 bits per heavy atom. The van der Waals surface area contributed by atoms with Gasteiger partial charge in [-0.3, -0.25) is 4.79 Å². The normalized spacial score (nSPS) is 35.7. The van der Waals surface area contributed by atoms with Gasteiger partial charge in [-0.15, -0.1) is 0 Å². The Bertz CT molecular complexity index is 395. The van der Waals surface area contributed by atoms with Gasteiger partial charge in [-0.25, -0.2) is 0 Å². The minimum Gasteiger partial charge on any atom is -0.394 e. The van der Waals surface area contributed by atoms with E-state index in [0.717, 1.165) is 0 Å². The summed E-state index contributed by atoms with van der Waals surface area (Å²) in [6, 6.07) is 0. The number of ether oxygens (including phenoxy) is 1. The fraction of sp³-hybridized carbons (Fsp3) is 0.545.